The van der Waals surface area contributed by atoms with E-state index in [1.165, 1.54) is 5.56 Å². The minimum Gasteiger partial charge on any atom is -0.494 e. The topological polar surface area (TPSA) is 61.8 Å². The van der Waals surface area contributed by atoms with Gasteiger partial charge >= 0.3 is 6.03 Å². The molecule has 0 fully saturated rings. The molecule has 3 rings (SSSR count). The third kappa shape index (κ3) is 4.31. The lowest BCUT2D eigenvalue weighted by molar-refractivity contribution is 0.126. The van der Waals surface area contributed by atoms with E-state index in [1.54, 1.807) is 4.90 Å². The van der Waals surface area contributed by atoms with Gasteiger partial charge < -0.3 is 20.1 Å². The van der Waals surface area contributed by atoms with E-state index in [0.717, 1.165) is 24.2 Å². The van der Waals surface area contributed by atoms with Crippen molar-refractivity contribution in [3.05, 3.63) is 65.7 Å². The SMILES string of the molecule is O=C(NCCCOc1ccccc1)N1CCc2ccccc2C1CO. The maximum atomic E-state index is 12.5. The fourth-order valence-corrected chi connectivity index (χ4v) is 3.17. The lowest BCUT2D eigenvalue weighted by Crippen LogP contribution is -2.47. The van der Waals surface area contributed by atoms with Crippen LogP contribution in [0.15, 0.2) is 54.6 Å². The Morgan fingerprint density at radius 2 is 1.92 bits per heavy atom. The van der Waals surface area contributed by atoms with Crippen LogP contribution in [0, 0.1) is 0 Å². The fraction of sp³-hybridized carbons (Fsp3) is 0.350. The summed E-state index contributed by atoms with van der Waals surface area (Å²) in [5, 5.41) is 12.7. The van der Waals surface area contributed by atoms with E-state index in [0.29, 0.717) is 19.7 Å². The number of rotatable bonds is 6. The molecule has 0 aliphatic carbocycles. The van der Waals surface area contributed by atoms with Crippen molar-refractivity contribution in [2.45, 2.75) is 18.9 Å². The molecule has 0 saturated heterocycles. The molecule has 0 saturated carbocycles. The minimum atomic E-state index is -0.273. The first-order chi connectivity index (χ1) is 12.3. The van der Waals surface area contributed by atoms with E-state index in [9.17, 15) is 9.90 Å². The molecule has 1 heterocycles. The summed E-state index contributed by atoms with van der Waals surface area (Å²) in [5.41, 5.74) is 2.25. The second-order valence-corrected chi connectivity index (χ2v) is 6.09. The van der Waals surface area contributed by atoms with Crippen LogP contribution in [-0.4, -0.2) is 42.3 Å². The van der Waals surface area contributed by atoms with Gasteiger partial charge in [0.15, 0.2) is 0 Å². The Morgan fingerprint density at radius 3 is 2.72 bits per heavy atom. The van der Waals surface area contributed by atoms with Crippen LogP contribution in [0.2, 0.25) is 0 Å². The predicted molar refractivity (Wildman–Crippen MR) is 96.6 cm³/mol. The van der Waals surface area contributed by atoms with Crippen LogP contribution >= 0.6 is 0 Å². The monoisotopic (exact) mass is 340 g/mol. The number of carbonyl (C=O) groups excluding carboxylic acids is 1. The van der Waals surface area contributed by atoms with Gasteiger partial charge in [-0.25, -0.2) is 4.79 Å². The van der Waals surface area contributed by atoms with Crippen LogP contribution in [-0.2, 0) is 6.42 Å². The number of ether oxygens (including phenoxy) is 1. The highest BCUT2D eigenvalue weighted by molar-refractivity contribution is 5.75. The Hall–Kier alpha value is -2.53. The van der Waals surface area contributed by atoms with Crippen molar-refractivity contribution < 1.29 is 14.6 Å². The maximum absolute atomic E-state index is 12.5. The summed E-state index contributed by atoms with van der Waals surface area (Å²) in [7, 11) is 0. The first kappa shape index (κ1) is 17.3. The zero-order chi connectivity index (χ0) is 17.5. The zero-order valence-electron chi connectivity index (χ0n) is 14.2. The number of fused-ring (bicyclic) bond motifs is 1. The highest BCUT2D eigenvalue weighted by atomic mass is 16.5. The molecule has 5 nitrogen and oxygen atoms in total. The molecule has 0 aromatic heterocycles. The molecule has 25 heavy (non-hydrogen) atoms. The molecule has 0 spiro atoms. The van der Waals surface area contributed by atoms with Crippen molar-refractivity contribution in [2.24, 2.45) is 0 Å². The maximum Gasteiger partial charge on any atom is 0.318 e. The number of aliphatic hydroxyl groups is 1. The number of hydrogen-bond acceptors (Lipinski definition) is 3. The van der Waals surface area contributed by atoms with E-state index in [1.807, 2.05) is 48.5 Å². The molecule has 1 unspecified atom stereocenters. The number of hydrogen-bond donors (Lipinski definition) is 2. The standard InChI is InChI=1S/C20H24N2O3/c23-15-19-18-10-5-4-7-16(18)11-13-22(19)20(24)21-12-6-14-25-17-8-2-1-3-9-17/h1-5,7-10,19,23H,6,11-15H2,(H,21,24). The first-order valence-corrected chi connectivity index (χ1v) is 8.70. The molecule has 2 N–H and O–H groups in total. The zero-order valence-corrected chi connectivity index (χ0v) is 14.2. The van der Waals surface area contributed by atoms with E-state index < -0.39 is 0 Å². The van der Waals surface area contributed by atoms with Gasteiger partial charge in [0, 0.05) is 13.1 Å². The van der Waals surface area contributed by atoms with Crippen LogP contribution in [0.4, 0.5) is 4.79 Å². The number of nitrogens with zero attached hydrogens (tertiary/aromatic N) is 1. The van der Waals surface area contributed by atoms with Crippen molar-refractivity contribution in [2.75, 3.05) is 26.3 Å². The third-order valence-corrected chi connectivity index (χ3v) is 4.46. The Labute approximate surface area is 148 Å². The molecular weight excluding hydrogens is 316 g/mol. The number of para-hydroxylation sites is 1. The molecule has 5 heteroatoms. The number of carbonyl (C=O) groups is 1. The van der Waals surface area contributed by atoms with Crippen LogP contribution in [0.3, 0.4) is 0 Å². The predicted octanol–water partition coefficient (Wildman–Crippen LogP) is 2.76. The van der Waals surface area contributed by atoms with E-state index in [-0.39, 0.29) is 18.7 Å². The molecule has 0 bridgehead atoms. The van der Waals surface area contributed by atoms with Crippen molar-refractivity contribution in [1.82, 2.24) is 10.2 Å². The van der Waals surface area contributed by atoms with Gasteiger partial charge in [0.25, 0.3) is 0 Å². The molecular formula is C20H24N2O3. The fourth-order valence-electron chi connectivity index (χ4n) is 3.17. The lowest BCUT2D eigenvalue weighted by atomic mass is 9.93. The molecule has 1 atom stereocenters. The van der Waals surface area contributed by atoms with Crippen LogP contribution in [0.25, 0.3) is 0 Å². The molecule has 2 aromatic carbocycles. The summed E-state index contributed by atoms with van der Waals surface area (Å²) in [4.78, 5) is 14.2. The van der Waals surface area contributed by atoms with E-state index in [4.69, 9.17) is 4.74 Å². The van der Waals surface area contributed by atoms with Gasteiger partial charge in [0.05, 0.1) is 19.3 Å². The second kappa shape index (κ2) is 8.53. The Morgan fingerprint density at radius 1 is 1.16 bits per heavy atom. The summed E-state index contributed by atoms with van der Waals surface area (Å²) >= 11 is 0. The second-order valence-electron chi connectivity index (χ2n) is 6.09. The van der Waals surface area contributed by atoms with E-state index >= 15 is 0 Å². The molecule has 2 amide bonds. The van der Waals surface area contributed by atoms with Gasteiger partial charge in [-0.3, -0.25) is 0 Å². The number of urea groups is 1. The number of amides is 2. The van der Waals surface area contributed by atoms with Crippen molar-refractivity contribution in [3.63, 3.8) is 0 Å². The minimum absolute atomic E-state index is 0.0679. The molecule has 1 aliphatic rings. The van der Waals surface area contributed by atoms with Gasteiger partial charge in [-0.05, 0) is 36.1 Å². The van der Waals surface area contributed by atoms with Gasteiger partial charge in [0.2, 0.25) is 0 Å². The van der Waals surface area contributed by atoms with Crippen LogP contribution < -0.4 is 10.1 Å². The van der Waals surface area contributed by atoms with Gasteiger partial charge in [0.1, 0.15) is 5.75 Å². The summed E-state index contributed by atoms with van der Waals surface area (Å²) in [6.07, 6.45) is 1.55. The number of benzene rings is 2. The molecule has 1 aliphatic heterocycles. The molecule has 132 valence electrons. The average Bonchev–Trinajstić information content (AvgIpc) is 2.67. The highest BCUT2D eigenvalue weighted by Crippen LogP contribution is 2.29. The van der Waals surface area contributed by atoms with Crippen molar-refractivity contribution >= 4 is 6.03 Å². The molecule has 0 radical (unpaired) electrons. The van der Waals surface area contributed by atoms with Crippen LogP contribution in [0.5, 0.6) is 5.75 Å². The summed E-state index contributed by atoms with van der Waals surface area (Å²) in [5.74, 6) is 0.835. The first-order valence-electron chi connectivity index (χ1n) is 8.70. The van der Waals surface area contributed by atoms with Crippen molar-refractivity contribution in [1.29, 1.82) is 0 Å². The normalized spacial score (nSPS) is 16.2. The number of nitrogens with one attached hydrogen (secondary N) is 1. The number of aliphatic hydroxyl groups excluding tert-OH is 1. The smallest absolute Gasteiger partial charge is 0.318 e. The van der Waals surface area contributed by atoms with Gasteiger partial charge in [-0.15, -0.1) is 0 Å². The molecule has 2 aromatic rings. The Kier molecular flexibility index (Phi) is 5.90. The van der Waals surface area contributed by atoms with Crippen LogP contribution in [0.1, 0.15) is 23.6 Å². The van der Waals surface area contributed by atoms with Gasteiger partial charge in [-0.2, -0.15) is 0 Å². The quantitative estimate of drug-likeness (QED) is 0.795. The Balaban J connectivity index is 1.46. The third-order valence-electron chi connectivity index (χ3n) is 4.46. The summed E-state index contributed by atoms with van der Waals surface area (Å²) in [6, 6.07) is 17.2. The summed E-state index contributed by atoms with van der Waals surface area (Å²) in [6.45, 7) is 1.65. The Bertz CT molecular complexity index is 690. The highest BCUT2D eigenvalue weighted by Gasteiger charge is 2.29. The largest absolute Gasteiger partial charge is 0.494 e. The average molecular weight is 340 g/mol. The van der Waals surface area contributed by atoms with Gasteiger partial charge in [-0.1, -0.05) is 42.5 Å². The van der Waals surface area contributed by atoms with E-state index in [2.05, 4.69) is 11.4 Å². The van der Waals surface area contributed by atoms with Crippen molar-refractivity contribution in [3.8, 4) is 5.75 Å². The lowest BCUT2D eigenvalue weighted by Gasteiger charge is -2.36. The summed E-state index contributed by atoms with van der Waals surface area (Å²) < 4.78 is 5.62.